The van der Waals surface area contributed by atoms with Crippen molar-refractivity contribution in [1.82, 2.24) is 0 Å². The van der Waals surface area contributed by atoms with Crippen LogP contribution in [0.5, 0.6) is 0 Å². The molecule has 2 aromatic rings. The molecule has 0 radical (unpaired) electrons. The third-order valence-electron chi connectivity index (χ3n) is 3.12. The fourth-order valence-corrected chi connectivity index (χ4v) is 2.07. The van der Waals surface area contributed by atoms with Gasteiger partial charge in [-0.15, -0.1) is 0 Å². The van der Waals surface area contributed by atoms with E-state index < -0.39 is 5.82 Å². The molecule has 0 fully saturated rings. The molecule has 0 aliphatic carbocycles. The Hall–Kier alpha value is -2.63. The predicted molar refractivity (Wildman–Crippen MR) is 77.4 cm³/mol. The molecule has 0 unspecified atom stereocenters. The first-order valence-electron chi connectivity index (χ1n) is 6.25. The Labute approximate surface area is 121 Å². The maximum absolute atomic E-state index is 13.7. The van der Waals surface area contributed by atoms with Gasteiger partial charge in [0.2, 0.25) is 0 Å². The van der Waals surface area contributed by atoms with E-state index in [1.807, 2.05) is 0 Å². The van der Waals surface area contributed by atoms with Crippen molar-refractivity contribution in [3.8, 4) is 0 Å². The minimum atomic E-state index is -0.500. The van der Waals surface area contributed by atoms with Crippen LogP contribution in [-0.4, -0.2) is 18.1 Å². The van der Waals surface area contributed by atoms with E-state index in [9.17, 15) is 8.78 Å². The minimum absolute atomic E-state index is 0.204. The lowest BCUT2D eigenvalue weighted by Crippen LogP contribution is -2.23. The van der Waals surface area contributed by atoms with Crippen molar-refractivity contribution >= 4 is 11.5 Å². The quantitative estimate of drug-likeness (QED) is 0.394. The van der Waals surface area contributed by atoms with Crippen LogP contribution in [0.15, 0.2) is 47.6 Å². The van der Waals surface area contributed by atoms with E-state index in [-0.39, 0.29) is 23.8 Å². The second kappa shape index (κ2) is 6.21. The molecule has 0 saturated heterocycles. The highest BCUT2D eigenvalue weighted by molar-refractivity contribution is 6.02. The van der Waals surface area contributed by atoms with E-state index in [0.717, 1.165) is 0 Å². The number of hydrogen-bond donors (Lipinski definition) is 2. The van der Waals surface area contributed by atoms with Gasteiger partial charge in [0, 0.05) is 30.4 Å². The van der Waals surface area contributed by atoms with Crippen LogP contribution >= 0.6 is 0 Å². The number of benzene rings is 2. The molecule has 21 heavy (non-hydrogen) atoms. The van der Waals surface area contributed by atoms with Crippen LogP contribution in [0.4, 0.5) is 14.5 Å². The first-order valence-corrected chi connectivity index (χ1v) is 6.25. The minimum Gasteiger partial charge on any atom is -0.409 e. The lowest BCUT2D eigenvalue weighted by molar-refractivity contribution is 0.318. The molecule has 0 amide bonds. The summed E-state index contributed by atoms with van der Waals surface area (Å²) in [5, 5.41) is 11.7. The molecule has 0 atom stereocenters. The van der Waals surface area contributed by atoms with Gasteiger partial charge in [-0.2, -0.15) is 0 Å². The van der Waals surface area contributed by atoms with Crippen molar-refractivity contribution in [2.75, 3.05) is 11.9 Å². The Kier molecular flexibility index (Phi) is 4.37. The SMILES string of the molecule is CN(Cc1ccccc1F)c1ccc(F)cc1C(N)=NO. The zero-order chi connectivity index (χ0) is 15.4. The Balaban J connectivity index is 2.35. The molecule has 4 nitrogen and oxygen atoms in total. The summed E-state index contributed by atoms with van der Waals surface area (Å²) in [5.41, 5.74) is 6.84. The van der Waals surface area contributed by atoms with Crippen molar-refractivity contribution in [3.63, 3.8) is 0 Å². The molecule has 2 rings (SSSR count). The van der Waals surface area contributed by atoms with E-state index in [4.69, 9.17) is 10.9 Å². The standard InChI is InChI=1S/C15H15F2N3O/c1-20(9-10-4-2-3-5-13(10)17)14-7-6-11(16)8-12(14)15(18)19-21/h2-8,21H,9H2,1H3,(H2,18,19). The van der Waals surface area contributed by atoms with Gasteiger partial charge >= 0.3 is 0 Å². The average molecular weight is 291 g/mol. The smallest absolute Gasteiger partial charge is 0.172 e. The van der Waals surface area contributed by atoms with Crippen molar-refractivity contribution in [2.24, 2.45) is 10.9 Å². The molecule has 0 aliphatic rings. The summed E-state index contributed by atoms with van der Waals surface area (Å²) in [6.45, 7) is 0.268. The number of halogens is 2. The first kappa shape index (κ1) is 14.8. The highest BCUT2D eigenvalue weighted by Crippen LogP contribution is 2.23. The first-order chi connectivity index (χ1) is 10.0. The normalized spacial score (nSPS) is 11.5. The zero-order valence-corrected chi connectivity index (χ0v) is 11.4. The number of amidine groups is 1. The highest BCUT2D eigenvalue weighted by Gasteiger charge is 2.14. The van der Waals surface area contributed by atoms with Gasteiger partial charge in [-0.05, 0) is 24.3 Å². The van der Waals surface area contributed by atoms with Gasteiger partial charge in [0.25, 0.3) is 0 Å². The lowest BCUT2D eigenvalue weighted by atomic mass is 10.1. The Morgan fingerprint density at radius 2 is 1.95 bits per heavy atom. The van der Waals surface area contributed by atoms with Gasteiger partial charge in [0.1, 0.15) is 11.6 Å². The van der Waals surface area contributed by atoms with Crippen molar-refractivity contribution in [2.45, 2.75) is 6.54 Å². The van der Waals surface area contributed by atoms with Crippen LogP contribution in [0, 0.1) is 11.6 Å². The van der Waals surface area contributed by atoms with Gasteiger partial charge in [0.15, 0.2) is 5.84 Å². The van der Waals surface area contributed by atoms with E-state index in [2.05, 4.69) is 5.16 Å². The summed E-state index contributed by atoms with van der Waals surface area (Å²) in [7, 11) is 1.72. The molecule has 0 heterocycles. The highest BCUT2D eigenvalue weighted by atomic mass is 19.1. The topological polar surface area (TPSA) is 61.8 Å². The van der Waals surface area contributed by atoms with Gasteiger partial charge in [-0.1, -0.05) is 23.4 Å². The van der Waals surface area contributed by atoms with Crippen LogP contribution in [0.2, 0.25) is 0 Å². The number of nitrogens with two attached hydrogens (primary N) is 1. The summed E-state index contributed by atoms with van der Waals surface area (Å²) >= 11 is 0. The van der Waals surface area contributed by atoms with Crippen LogP contribution in [0.1, 0.15) is 11.1 Å². The monoisotopic (exact) mass is 291 g/mol. The third kappa shape index (κ3) is 3.28. The summed E-state index contributed by atoms with van der Waals surface area (Å²) in [6.07, 6.45) is 0. The van der Waals surface area contributed by atoms with Crippen molar-refractivity contribution in [3.05, 3.63) is 65.2 Å². The van der Waals surface area contributed by atoms with Crippen molar-refractivity contribution in [1.29, 1.82) is 0 Å². The van der Waals surface area contributed by atoms with E-state index >= 15 is 0 Å². The summed E-state index contributed by atoms with van der Waals surface area (Å²) < 4.78 is 27.0. The van der Waals surface area contributed by atoms with E-state index in [1.165, 1.54) is 24.3 Å². The van der Waals surface area contributed by atoms with E-state index in [1.54, 1.807) is 30.1 Å². The number of nitrogens with zero attached hydrogens (tertiary/aromatic N) is 2. The molecular weight excluding hydrogens is 276 g/mol. The largest absolute Gasteiger partial charge is 0.409 e. The molecule has 0 aliphatic heterocycles. The van der Waals surface area contributed by atoms with Gasteiger partial charge < -0.3 is 15.8 Å². The summed E-state index contributed by atoms with van der Waals surface area (Å²) in [4.78, 5) is 1.70. The molecule has 0 aromatic heterocycles. The number of rotatable bonds is 4. The maximum Gasteiger partial charge on any atom is 0.172 e. The van der Waals surface area contributed by atoms with Gasteiger partial charge in [0.05, 0.1) is 0 Å². The Bertz CT molecular complexity index is 674. The molecule has 2 aromatic carbocycles. The molecular formula is C15H15F2N3O. The molecule has 0 saturated carbocycles. The predicted octanol–water partition coefficient (Wildman–Crippen LogP) is 2.70. The molecule has 0 spiro atoms. The summed E-state index contributed by atoms with van der Waals surface area (Å²) in [5.74, 6) is -1.03. The Morgan fingerprint density at radius 1 is 1.24 bits per heavy atom. The lowest BCUT2D eigenvalue weighted by Gasteiger charge is -2.22. The molecule has 110 valence electrons. The number of anilines is 1. The Morgan fingerprint density at radius 3 is 2.62 bits per heavy atom. The third-order valence-corrected chi connectivity index (χ3v) is 3.12. The second-order valence-corrected chi connectivity index (χ2v) is 4.59. The fourth-order valence-electron chi connectivity index (χ4n) is 2.07. The van der Waals surface area contributed by atoms with E-state index in [0.29, 0.717) is 11.3 Å². The maximum atomic E-state index is 13.7. The van der Waals surface area contributed by atoms with Gasteiger partial charge in [-0.3, -0.25) is 0 Å². The number of hydrogen-bond acceptors (Lipinski definition) is 3. The van der Waals surface area contributed by atoms with Gasteiger partial charge in [-0.25, -0.2) is 8.78 Å². The second-order valence-electron chi connectivity index (χ2n) is 4.59. The number of oxime groups is 1. The van der Waals surface area contributed by atoms with Crippen LogP contribution in [-0.2, 0) is 6.54 Å². The zero-order valence-electron chi connectivity index (χ0n) is 11.4. The fraction of sp³-hybridized carbons (Fsp3) is 0.133. The van der Waals surface area contributed by atoms with Crippen LogP contribution in [0.3, 0.4) is 0 Å². The molecule has 0 bridgehead atoms. The van der Waals surface area contributed by atoms with Crippen molar-refractivity contribution < 1.29 is 14.0 Å². The molecule has 3 N–H and O–H groups in total. The average Bonchev–Trinajstić information content (AvgIpc) is 2.48. The molecule has 6 heteroatoms. The van der Waals surface area contributed by atoms with Crippen LogP contribution < -0.4 is 10.6 Å². The van der Waals surface area contributed by atoms with Crippen LogP contribution in [0.25, 0.3) is 0 Å². The summed E-state index contributed by atoms with van der Waals surface area (Å²) in [6, 6.07) is 10.3.